The highest BCUT2D eigenvalue weighted by molar-refractivity contribution is 6.27. The van der Waals surface area contributed by atoms with Gasteiger partial charge >= 0.3 is 0 Å². The van der Waals surface area contributed by atoms with E-state index in [4.69, 9.17) is 13.9 Å². The Hall–Kier alpha value is -1.56. The quantitative estimate of drug-likeness (QED) is 0.101. The number of hydrogen-bond donors (Lipinski definition) is 0. The van der Waals surface area contributed by atoms with Crippen molar-refractivity contribution in [2.24, 2.45) is 0 Å². The van der Waals surface area contributed by atoms with Gasteiger partial charge in [-0.2, -0.15) is 5.12 Å². The number of amides is 1. The number of benzene rings is 1. The van der Waals surface area contributed by atoms with Crippen LogP contribution in [0, 0.1) is 23.3 Å². The first kappa shape index (κ1) is 24.5. The zero-order chi connectivity index (χ0) is 21.4. The van der Waals surface area contributed by atoms with Crippen LogP contribution in [0.1, 0.15) is 44.5 Å². The van der Waals surface area contributed by atoms with Gasteiger partial charge in [0.1, 0.15) is 0 Å². The Morgan fingerprint density at radius 3 is 2.14 bits per heavy atom. The number of ether oxygens (including phenoxy) is 2. The Labute approximate surface area is 162 Å². The number of carbonyl (C=O) groups is 1. The van der Waals surface area contributed by atoms with Crippen molar-refractivity contribution in [3.05, 3.63) is 34.9 Å². The van der Waals surface area contributed by atoms with Gasteiger partial charge in [0.25, 0.3) is 12.4 Å². The molecule has 5 nitrogen and oxygen atoms in total. The zero-order valence-corrected chi connectivity index (χ0v) is 16.9. The molecule has 0 heterocycles. The van der Waals surface area contributed by atoms with E-state index in [-0.39, 0.29) is 34.5 Å². The second kappa shape index (κ2) is 11.4. The molecule has 0 aliphatic carbocycles. The standard InChI is InChI=1S/C17H22F5NO4Si/c1-9(2)25-17(26-10(3)4)27-28-7-5-6-23(22)16(24)11-8-12(18)14(20)15(21)13(11)19/h8-10,17H,5-7H2,1-4H3. The molecule has 1 amide bonds. The molecule has 158 valence electrons. The molecule has 0 aromatic heterocycles. The van der Waals surface area contributed by atoms with Crippen LogP contribution in [0.15, 0.2) is 6.07 Å². The van der Waals surface area contributed by atoms with Crippen LogP contribution in [-0.2, 0) is 13.9 Å². The number of halogens is 5. The first-order chi connectivity index (χ1) is 13.0. The lowest BCUT2D eigenvalue weighted by Gasteiger charge is -2.22. The summed E-state index contributed by atoms with van der Waals surface area (Å²) in [6, 6.07) is 0.437. The smallest absolute Gasteiger partial charge is 0.284 e. The average molecular weight is 427 g/mol. The second-order valence-corrected chi connectivity index (χ2v) is 7.29. The summed E-state index contributed by atoms with van der Waals surface area (Å²) in [5, 5.41) is -0.396. The third-order valence-electron chi connectivity index (χ3n) is 3.13. The Bertz CT molecular complexity index is 653. The summed E-state index contributed by atoms with van der Waals surface area (Å²) in [4.78, 5) is 11.8. The monoisotopic (exact) mass is 427 g/mol. The Kier molecular flexibility index (Phi) is 10.0. The van der Waals surface area contributed by atoms with Crippen molar-refractivity contribution in [2.75, 3.05) is 6.54 Å². The molecule has 11 heteroatoms. The fourth-order valence-corrected chi connectivity index (χ4v) is 2.58. The zero-order valence-electron chi connectivity index (χ0n) is 15.9. The molecular formula is C17H22F5NO4Si. The van der Waals surface area contributed by atoms with Crippen molar-refractivity contribution < 1.29 is 40.7 Å². The minimum Gasteiger partial charge on any atom is -0.372 e. The fraction of sp³-hybridized carbons (Fsp3) is 0.588. The summed E-state index contributed by atoms with van der Waals surface area (Å²) in [5.41, 5.74) is -1.23. The summed E-state index contributed by atoms with van der Waals surface area (Å²) in [6.07, 6.45) is -0.164. The third kappa shape index (κ3) is 7.45. The Balaban J connectivity index is 2.50. The van der Waals surface area contributed by atoms with Gasteiger partial charge < -0.3 is 13.9 Å². The lowest BCUT2D eigenvalue weighted by atomic mass is 10.1. The van der Waals surface area contributed by atoms with E-state index >= 15 is 0 Å². The molecule has 0 fully saturated rings. The lowest BCUT2D eigenvalue weighted by Crippen LogP contribution is -2.29. The molecule has 1 aromatic carbocycles. The van der Waals surface area contributed by atoms with E-state index in [2.05, 4.69) is 0 Å². The van der Waals surface area contributed by atoms with Crippen molar-refractivity contribution in [3.63, 3.8) is 0 Å². The van der Waals surface area contributed by atoms with E-state index in [1.807, 2.05) is 0 Å². The van der Waals surface area contributed by atoms with Gasteiger partial charge in [-0.05, 0) is 46.2 Å². The van der Waals surface area contributed by atoms with Crippen LogP contribution in [0.2, 0.25) is 6.04 Å². The minimum atomic E-state index is -2.17. The predicted octanol–water partition coefficient (Wildman–Crippen LogP) is 4.15. The van der Waals surface area contributed by atoms with E-state index in [1.54, 1.807) is 27.7 Å². The third-order valence-corrected chi connectivity index (χ3v) is 4.05. The summed E-state index contributed by atoms with van der Waals surface area (Å²) < 4.78 is 82.8. The second-order valence-electron chi connectivity index (χ2n) is 6.26. The molecule has 2 radical (unpaired) electrons. The van der Waals surface area contributed by atoms with Crippen LogP contribution < -0.4 is 0 Å². The van der Waals surface area contributed by atoms with Crippen LogP contribution >= 0.6 is 0 Å². The molecule has 1 rings (SSSR count). The molecule has 0 unspecified atom stereocenters. The van der Waals surface area contributed by atoms with Crippen molar-refractivity contribution in [1.82, 2.24) is 5.12 Å². The molecule has 0 aliphatic rings. The summed E-state index contributed by atoms with van der Waals surface area (Å²) in [6.45, 7) is 5.84. The van der Waals surface area contributed by atoms with Gasteiger partial charge in [-0.3, -0.25) is 4.79 Å². The molecule has 0 atom stereocenters. The van der Waals surface area contributed by atoms with Gasteiger partial charge in [0, 0.05) is 0 Å². The molecule has 0 aliphatic heterocycles. The maximum Gasteiger partial charge on any atom is 0.284 e. The summed E-state index contributed by atoms with van der Waals surface area (Å²) in [7, 11) is -0.135. The molecule has 0 saturated carbocycles. The van der Waals surface area contributed by atoms with Crippen LogP contribution in [0.4, 0.5) is 22.0 Å². The van der Waals surface area contributed by atoms with Gasteiger partial charge in [0.15, 0.2) is 23.3 Å². The summed E-state index contributed by atoms with van der Waals surface area (Å²) >= 11 is 0. The molecule has 0 N–H and O–H groups in total. The van der Waals surface area contributed by atoms with Gasteiger partial charge in [-0.25, -0.2) is 17.6 Å². The number of nitrogens with zero attached hydrogens (tertiary/aromatic N) is 1. The molecule has 0 saturated heterocycles. The topological polar surface area (TPSA) is 48.0 Å². The fourth-order valence-electron chi connectivity index (χ4n) is 1.91. The van der Waals surface area contributed by atoms with Gasteiger partial charge in [-0.1, -0.05) is 4.48 Å². The first-order valence-electron chi connectivity index (χ1n) is 8.54. The number of hydrogen-bond acceptors (Lipinski definition) is 4. The maximum atomic E-state index is 13.8. The van der Waals surface area contributed by atoms with Crippen molar-refractivity contribution >= 4 is 15.7 Å². The van der Waals surface area contributed by atoms with Crippen LogP contribution in [0.3, 0.4) is 0 Å². The predicted molar refractivity (Wildman–Crippen MR) is 90.9 cm³/mol. The van der Waals surface area contributed by atoms with Crippen LogP contribution in [0.25, 0.3) is 0 Å². The van der Waals surface area contributed by atoms with Crippen molar-refractivity contribution in [1.29, 1.82) is 0 Å². The van der Waals surface area contributed by atoms with Gasteiger partial charge in [0.2, 0.25) is 9.76 Å². The van der Waals surface area contributed by atoms with Crippen LogP contribution in [-0.4, -0.2) is 46.0 Å². The highest BCUT2D eigenvalue weighted by Gasteiger charge is 2.26. The van der Waals surface area contributed by atoms with Crippen molar-refractivity contribution in [2.45, 2.75) is 58.8 Å². The van der Waals surface area contributed by atoms with E-state index in [0.717, 1.165) is 0 Å². The van der Waals surface area contributed by atoms with Gasteiger partial charge in [-0.15, -0.1) is 0 Å². The number of rotatable bonds is 11. The minimum absolute atomic E-state index is 0.116. The van der Waals surface area contributed by atoms with E-state index in [1.165, 1.54) is 0 Å². The average Bonchev–Trinajstić information content (AvgIpc) is 2.60. The number of carbonyl (C=O) groups excluding carboxylic acids is 1. The Morgan fingerprint density at radius 2 is 1.61 bits per heavy atom. The molecular weight excluding hydrogens is 405 g/mol. The highest BCUT2D eigenvalue weighted by atomic mass is 28.2. The van der Waals surface area contributed by atoms with E-state index < -0.39 is 52.9 Å². The Morgan fingerprint density at radius 1 is 1.04 bits per heavy atom. The van der Waals surface area contributed by atoms with E-state index in [0.29, 0.717) is 6.04 Å². The molecule has 0 bridgehead atoms. The first-order valence-corrected chi connectivity index (χ1v) is 9.66. The lowest BCUT2D eigenvalue weighted by molar-refractivity contribution is -0.275. The molecule has 28 heavy (non-hydrogen) atoms. The normalized spacial score (nSPS) is 11.7. The molecule has 1 aromatic rings. The SMILES string of the molecule is CC(C)OC(O[Si]CCCN(F)C(=O)c1cc(F)c(F)c(F)c1F)OC(C)C. The summed E-state index contributed by atoms with van der Waals surface area (Å²) in [5.74, 6) is -9.58. The van der Waals surface area contributed by atoms with E-state index in [9.17, 15) is 26.8 Å². The van der Waals surface area contributed by atoms with Crippen LogP contribution in [0.5, 0.6) is 0 Å². The highest BCUT2D eigenvalue weighted by Crippen LogP contribution is 2.20. The maximum absolute atomic E-state index is 13.8. The largest absolute Gasteiger partial charge is 0.372 e. The van der Waals surface area contributed by atoms with Gasteiger partial charge in [0.05, 0.1) is 24.3 Å². The van der Waals surface area contributed by atoms with Crippen molar-refractivity contribution in [3.8, 4) is 0 Å². The molecule has 0 spiro atoms.